The summed E-state index contributed by atoms with van der Waals surface area (Å²) in [6.07, 6.45) is -1.37. The summed E-state index contributed by atoms with van der Waals surface area (Å²) in [5.41, 5.74) is 1.98. The molecule has 1 amide bonds. The van der Waals surface area contributed by atoms with Crippen molar-refractivity contribution in [2.45, 2.75) is 17.9 Å². The maximum atomic E-state index is 13.5. The molecule has 196 valence electrons. The molecular formula is C30H23BrN2O6. The number of non-ortho nitro benzene ring substituents is 1. The minimum absolute atomic E-state index is 0.0454. The molecule has 4 rings (SSSR count). The number of alkyl halides is 1. The highest BCUT2D eigenvalue weighted by Crippen LogP contribution is 2.33. The molecule has 0 fully saturated rings. The van der Waals surface area contributed by atoms with E-state index in [1.165, 1.54) is 24.3 Å². The number of nitrogens with one attached hydrogen (secondary N) is 1. The van der Waals surface area contributed by atoms with Crippen LogP contribution in [0.3, 0.4) is 0 Å². The fraction of sp³-hybridized carbons (Fsp3) is 0.100. The van der Waals surface area contributed by atoms with Crippen molar-refractivity contribution < 1.29 is 24.0 Å². The van der Waals surface area contributed by atoms with Gasteiger partial charge in [-0.15, -0.1) is 0 Å². The molecule has 0 heterocycles. The second-order valence-electron chi connectivity index (χ2n) is 8.62. The predicted octanol–water partition coefficient (Wildman–Crippen LogP) is 6.70. The number of carbonyl (C=O) groups excluding carboxylic acids is 3. The van der Waals surface area contributed by atoms with Crippen LogP contribution in [0.25, 0.3) is 0 Å². The number of esters is 1. The molecule has 0 saturated carbocycles. The maximum Gasteiger partial charge on any atom is 0.341 e. The number of Topliss-reactive ketones (excluding diaryl/α,β-unsaturated/α-hetero) is 1. The fourth-order valence-corrected chi connectivity index (χ4v) is 4.60. The number of hydrogen-bond acceptors (Lipinski definition) is 6. The number of nitro groups is 1. The van der Waals surface area contributed by atoms with Crippen molar-refractivity contribution in [2.75, 3.05) is 5.32 Å². The van der Waals surface area contributed by atoms with Gasteiger partial charge in [0.2, 0.25) is 5.78 Å². The third-order valence-electron chi connectivity index (χ3n) is 6.00. The van der Waals surface area contributed by atoms with Crippen LogP contribution in [0.4, 0.5) is 11.4 Å². The quantitative estimate of drug-likeness (QED) is 0.0766. The summed E-state index contributed by atoms with van der Waals surface area (Å²) in [5.74, 6) is -1.75. The first-order valence-corrected chi connectivity index (χ1v) is 12.8. The maximum absolute atomic E-state index is 13.5. The van der Waals surface area contributed by atoms with Gasteiger partial charge in [-0.1, -0.05) is 88.7 Å². The highest BCUT2D eigenvalue weighted by molar-refractivity contribution is 9.09. The lowest BCUT2D eigenvalue weighted by Crippen LogP contribution is -2.32. The number of hydrogen-bond donors (Lipinski definition) is 1. The zero-order chi connectivity index (χ0) is 27.9. The Morgan fingerprint density at radius 2 is 1.49 bits per heavy atom. The topological polar surface area (TPSA) is 116 Å². The van der Waals surface area contributed by atoms with E-state index in [-0.39, 0.29) is 16.9 Å². The van der Waals surface area contributed by atoms with Gasteiger partial charge >= 0.3 is 5.97 Å². The molecule has 1 N–H and O–H groups in total. The molecule has 2 atom stereocenters. The van der Waals surface area contributed by atoms with Gasteiger partial charge in [-0.05, 0) is 36.2 Å². The molecule has 0 aliphatic heterocycles. The highest BCUT2D eigenvalue weighted by Gasteiger charge is 2.34. The van der Waals surface area contributed by atoms with Gasteiger partial charge in [0.15, 0.2) is 6.10 Å². The Bertz CT molecular complexity index is 1540. The predicted molar refractivity (Wildman–Crippen MR) is 150 cm³/mol. The summed E-state index contributed by atoms with van der Waals surface area (Å²) in [5, 5.41) is 14.1. The number of aryl methyl sites for hydroxylation is 1. The molecule has 0 spiro atoms. The molecule has 9 heteroatoms. The van der Waals surface area contributed by atoms with Crippen molar-refractivity contribution >= 4 is 45.0 Å². The second-order valence-corrected chi connectivity index (χ2v) is 9.61. The molecule has 0 aromatic heterocycles. The zero-order valence-corrected chi connectivity index (χ0v) is 22.3. The number of nitrogens with zero attached hydrogens (tertiary/aromatic N) is 1. The van der Waals surface area contributed by atoms with E-state index in [0.29, 0.717) is 16.7 Å². The van der Waals surface area contributed by atoms with Crippen LogP contribution in [0.15, 0.2) is 103 Å². The summed E-state index contributed by atoms with van der Waals surface area (Å²) in [6.45, 7) is 1.80. The molecule has 4 aromatic carbocycles. The molecule has 0 bridgehead atoms. The smallest absolute Gasteiger partial charge is 0.341 e. The van der Waals surface area contributed by atoms with Crippen LogP contribution >= 0.6 is 15.9 Å². The van der Waals surface area contributed by atoms with Crippen LogP contribution in [0.2, 0.25) is 0 Å². The van der Waals surface area contributed by atoms with Crippen LogP contribution < -0.4 is 5.32 Å². The van der Waals surface area contributed by atoms with Crippen LogP contribution in [0.1, 0.15) is 47.0 Å². The Morgan fingerprint density at radius 1 is 0.846 bits per heavy atom. The lowest BCUT2D eigenvalue weighted by molar-refractivity contribution is -0.384. The normalized spacial score (nSPS) is 12.2. The molecule has 39 heavy (non-hydrogen) atoms. The monoisotopic (exact) mass is 586 g/mol. The minimum Gasteiger partial charge on any atom is -0.449 e. The third kappa shape index (κ3) is 6.45. The average Bonchev–Trinajstić information content (AvgIpc) is 2.96. The SMILES string of the molecule is Cc1ccccc1C(=O)Nc1ccccc1C(=O)O[C@@H](C(=O)c1ccccc1)[C@@H](Br)c1cccc([N+](=O)[O-])c1. The van der Waals surface area contributed by atoms with E-state index in [1.54, 1.807) is 79.7 Å². The number of ketones is 1. The summed E-state index contributed by atoms with van der Waals surface area (Å²) in [6, 6.07) is 27.4. The number of ether oxygens (including phenoxy) is 1. The van der Waals surface area contributed by atoms with E-state index in [1.807, 2.05) is 6.07 Å². The van der Waals surface area contributed by atoms with Crippen molar-refractivity contribution in [1.82, 2.24) is 0 Å². The number of halogens is 1. The Hall–Kier alpha value is -4.63. The van der Waals surface area contributed by atoms with Crippen molar-refractivity contribution in [3.63, 3.8) is 0 Å². The van der Waals surface area contributed by atoms with E-state index in [4.69, 9.17) is 4.74 Å². The van der Waals surface area contributed by atoms with Crippen molar-refractivity contribution in [3.8, 4) is 0 Å². The van der Waals surface area contributed by atoms with Crippen LogP contribution in [-0.4, -0.2) is 28.7 Å². The first-order valence-electron chi connectivity index (χ1n) is 11.9. The molecular weight excluding hydrogens is 564 g/mol. The summed E-state index contributed by atoms with van der Waals surface area (Å²) in [7, 11) is 0. The van der Waals surface area contributed by atoms with Gasteiger partial charge in [-0.2, -0.15) is 0 Å². The number of anilines is 1. The number of amides is 1. The third-order valence-corrected chi connectivity index (χ3v) is 7.01. The molecule has 0 unspecified atom stereocenters. The van der Waals surface area contributed by atoms with Crippen LogP contribution in [0, 0.1) is 17.0 Å². The molecule has 8 nitrogen and oxygen atoms in total. The van der Waals surface area contributed by atoms with E-state index >= 15 is 0 Å². The lowest BCUT2D eigenvalue weighted by Gasteiger charge is -2.23. The molecule has 0 aliphatic carbocycles. The number of benzene rings is 4. The molecule has 0 saturated heterocycles. The summed E-state index contributed by atoms with van der Waals surface area (Å²) in [4.78, 5) is 49.8. The summed E-state index contributed by atoms with van der Waals surface area (Å²) >= 11 is 3.44. The lowest BCUT2D eigenvalue weighted by atomic mass is 9.99. The first-order chi connectivity index (χ1) is 18.8. The summed E-state index contributed by atoms with van der Waals surface area (Å²) < 4.78 is 5.76. The van der Waals surface area contributed by atoms with E-state index in [0.717, 1.165) is 5.56 Å². The molecule has 4 aromatic rings. The Balaban J connectivity index is 1.66. The van der Waals surface area contributed by atoms with Gasteiger partial charge in [-0.3, -0.25) is 19.7 Å². The molecule has 0 radical (unpaired) electrons. The highest BCUT2D eigenvalue weighted by atomic mass is 79.9. The Morgan fingerprint density at radius 3 is 2.18 bits per heavy atom. The van der Waals surface area contributed by atoms with Crippen molar-refractivity contribution in [1.29, 1.82) is 0 Å². The molecule has 0 aliphatic rings. The zero-order valence-electron chi connectivity index (χ0n) is 20.7. The van der Waals surface area contributed by atoms with Gasteiger partial charge in [-0.25, -0.2) is 4.79 Å². The fourth-order valence-electron chi connectivity index (χ4n) is 3.96. The van der Waals surface area contributed by atoms with E-state index in [9.17, 15) is 24.5 Å². The van der Waals surface area contributed by atoms with Crippen molar-refractivity contribution in [3.05, 3.63) is 141 Å². The average molecular weight is 587 g/mol. The second kappa shape index (κ2) is 12.3. The largest absolute Gasteiger partial charge is 0.449 e. The van der Waals surface area contributed by atoms with Gasteiger partial charge < -0.3 is 10.1 Å². The number of nitro benzene ring substituents is 1. The van der Waals surface area contributed by atoms with E-state index in [2.05, 4.69) is 21.2 Å². The van der Waals surface area contributed by atoms with Crippen LogP contribution in [0.5, 0.6) is 0 Å². The first kappa shape index (κ1) is 27.4. The van der Waals surface area contributed by atoms with E-state index < -0.39 is 33.5 Å². The van der Waals surface area contributed by atoms with Crippen molar-refractivity contribution in [2.24, 2.45) is 0 Å². The van der Waals surface area contributed by atoms with Gasteiger partial charge in [0.25, 0.3) is 11.6 Å². The number of para-hydroxylation sites is 1. The number of carbonyl (C=O) groups is 3. The standard InChI is InChI=1S/C30H23BrN2O6/c1-19-10-5-6-15-23(19)29(35)32-25-17-8-7-16-24(25)30(36)39-28(27(34)20-11-3-2-4-12-20)26(31)21-13-9-14-22(18-21)33(37)38/h2-18,26,28H,1H3,(H,32,35)/t26-,28+/m0/s1. The Labute approximate surface area is 232 Å². The van der Waals surface area contributed by atoms with Gasteiger partial charge in [0.05, 0.1) is 21.0 Å². The minimum atomic E-state index is -1.37. The van der Waals surface area contributed by atoms with Crippen LogP contribution in [-0.2, 0) is 4.74 Å². The van der Waals surface area contributed by atoms with Gasteiger partial charge in [0.1, 0.15) is 0 Å². The number of rotatable bonds is 9. The Kier molecular flexibility index (Phi) is 8.63. The van der Waals surface area contributed by atoms with Gasteiger partial charge in [0, 0.05) is 23.3 Å².